The molecule has 32 heavy (non-hydrogen) atoms. The second-order valence-corrected chi connectivity index (χ2v) is 20.8. The van der Waals surface area contributed by atoms with Crippen molar-refractivity contribution >= 4 is 16.1 Å². The van der Waals surface area contributed by atoms with Crippen LogP contribution in [0.25, 0.3) is 17.1 Å². The van der Waals surface area contributed by atoms with Crippen LogP contribution in [0.5, 0.6) is 0 Å². The molecule has 0 N–H and O–H groups in total. The van der Waals surface area contributed by atoms with Gasteiger partial charge < -0.3 is 0 Å². The van der Waals surface area contributed by atoms with Crippen LogP contribution in [0.2, 0.25) is 36.3 Å². The molecule has 0 aliphatic carbocycles. The standard InChI is InChI=1S/C28H42N2Si2/c1-7-31(8-2,9-3)28(32(10-4,11-5)12-6)25-18-20-26(21-19-25)30-23-22-29-27(30)24-16-14-13-15-17-24/h13-23,28H,7-12H2,1-6H3. The van der Waals surface area contributed by atoms with Gasteiger partial charge in [-0.25, -0.2) is 4.98 Å². The van der Waals surface area contributed by atoms with Gasteiger partial charge in [-0.15, -0.1) is 0 Å². The second-order valence-electron chi connectivity index (χ2n) is 9.36. The van der Waals surface area contributed by atoms with E-state index in [9.17, 15) is 0 Å². The van der Waals surface area contributed by atoms with E-state index in [-0.39, 0.29) is 0 Å². The minimum atomic E-state index is -1.39. The van der Waals surface area contributed by atoms with Gasteiger partial charge in [-0.1, -0.05) is 126 Å². The Morgan fingerprint density at radius 3 is 1.66 bits per heavy atom. The highest BCUT2D eigenvalue weighted by Crippen LogP contribution is 2.47. The van der Waals surface area contributed by atoms with E-state index in [1.807, 2.05) is 6.20 Å². The number of benzene rings is 2. The molecular formula is C28H42N2Si2. The topological polar surface area (TPSA) is 17.8 Å². The zero-order valence-corrected chi connectivity index (χ0v) is 23.1. The van der Waals surface area contributed by atoms with Gasteiger partial charge in [-0.3, -0.25) is 4.57 Å². The first kappa shape index (κ1) is 24.7. The van der Waals surface area contributed by atoms with Crippen molar-refractivity contribution in [3.8, 4) is 17.1 Å². The average Bonchev–Trinajstić information content (AvgIpc) is 3.36. The Morgan fingerprint density at radius 1 is 0.688 bits per heavy atom. The van der Waals surface area contributed by atoms with Crippen molar-refractivity contribution in [1.82, 2.24) is 9.55 Å². The van der Waals surface area contributed by atoms with E-state index in [0.717, 1.165) is 16.6 Å². The number of nitrogens with zero attached hydrogens (tertiary/aromatic N) is 2. The third-order valence-corrected chi connectivity index (χ3v) is 23.9. The van der Waals surface area contributed by atoms with Gasteiger partial charge >= 0.3 is 0 Å². The number of rotatable bonds is 11. The molecule has 0 aliphatic heterocycles. The smallest absolute Gasteiger partial charge is 0.144 e. The number of hydrogen-bond acceptors (Lipinski definition) is 1. The number of hydrogen-bond donors (Lipinski definition) is 0. The molecule has 4 heteroatoms. The van der Waals surface area contributed by atoms with Crippen molar-refractivity contribution in [2.45, 2.75) is 83.0 Å². The van der Waals surface area contributed by atoms with Crippen LogP contribution in [-0.4, -0.2) is 25.7 Å². The molecule has 0 saturated heterocycles. The molecule has 172 valence electrons. The molecule has 0 radical (unpaired) electrons. The van der Waals surface area contributed by atoms with Crippen LogP contribution in [0.4, 0.5) is 0 Å². The Balaban J connectivity index is 2.08. The Kier molecular flexibility index (Phi) is 8.34. The Labute approximate surface area is 198 Å². The van der Waals surface area contributed by atoms with Gasteiger partial charge in [0.15, 0.2) is 0 Å². The van der Waals surface area contributed by atoms with Gasteiger partial charge in [-0.05, 0) is 17.3 Å². The summed E-state index contributed by atoms with van der Waals surface area (Å²) in [5.74, 6) is 1.01. The summed E-state index contributed by atoms with van der Waals surface area (Å²) in [5.41, 5.74) is 3.99. The molecular weight excluding hydrogens is 420 g/mol. The first-order valence-electron chi connectivity index (χ1n) is 12.7. The minimum Gasteiger partial charge on any atom is -0.300 e. The molecule has 0 saturated carbocycles. The predicted molar refractivity (Wildman–Crippen MR) is 146 cm³/mol. The van der Waals surface area contributed by atoms with Crippen LogP contribution in [0.15, 0.2) is 67.0 Å². The van der Waals surface area contributed by atoms with E-state index in [0.29, 0.717) is 0 Å². The van der Waals surface area contributed by atoms with Crippen molar-refractivity contribution in [3.63, 3.8) is 0 Å². The fourth-order valence-electron chi connectivity index (χ4n) is 6.22. The van der Waals surface area contributed by atoms with Crippen molar-refractivity contribution < 1.29 is 0 Å². The zero-order chi connectivity index (χ0) is 23.2. The largest absolute Gasteiger partial charge is 0.300 e. The summed E-state index contributed by atoms with van der Waals surface area (Å²) in [7, 11) is -2.78. The molecule has 3 aromatic rings. The van der Waals surface area contributed by atoms with E-state index < -0.39 is 16.1 Å². The molecule has 0 fully saturated rings. The molecule has 2 nitrogen and oxygen atoms in total. The van der Waals surface area contributed by atoms with Gasteiger partial charge in [0.2, 0.25) is 0 Å². The lowest BCUT2D eigenvalue weighted by molar-refractivity contribution is 0.985. The van der Waals surface area contributed by atoms with Crippen molar-refractivity contribution in [2.24, 2.45) is 0 Å². The number of imidazole rings is 1. The van der Waals surface area contributed by atoms with Crippen LogP contribution in [-0.2, 0) is 0 Å². The molecule has 0 atom stereocenters. The zero-order valence-electron chi connectivity index (χ0n) is 21.1. The highest BCUT2D eigenvalue weighted by atomic mass is 28.4. The summed E-state index contributed by atoms with van der Waals surface area (Å²) < 4.78 is 2.22. The third kappa shape index (κ3) is 4.44. The molecule has 0 aliphatic rings. The monoisotopic (exact) mass is 462 g/mol. The van der Waals surface area contributed by atoms with E-state index in [1.54, 1.807) is 5.56 Å². The summed E-state index contributed by atoms with van der Waals surface area (Å²) in [6.45, 7) is 14.9. The molecule has 1 heterocycles. The average molecular weight is 463 g/mol. The Hall–Kier alpha value is -1.92. The number of aromatic nitrogens is 2. The molecule has 0 bridgehead atoms. The lowest BCUT2D eigenvalue weighted by atomic mass is 10.2. The van der Waals surface area contributed by atoms with Gasteiger partial charge in [-0.2, -0.15) is 0 Å². The van der Waals surface area contributed by atoms with Crippen LogP contribution in [0.1, 0.15) is 52.3 Å². The fourth-order valence-corrected chi connectivity index (χ4v) is 22.3. The maximum Gasteiger partial charge on any atom is 0.144 e. The van der Waals surface area contributed by atoms with E-state index in [1.165, 1.54) is 42.0 Å². The van der Waals surface area contributed by atoms with Crippen LogP contribution < -0.4 is 0 Å². The fraction of sp³-hybridized carbons (Fsp3) is 0.464. The molecule has 0 unspecified atom stereocenters. The summed E-state index contributed by atoms with van der Waals surface area (Å²) >= 11 is 0. The highest BCUT2D eigenvalue weighted by molar-refractivity contribution is 6.99. The van der Waals surface area contributed by atoms with E-state index in [4.69, 9.17) is 0 Å². The van der Waals surface area contributed by atoms with Crippen LogP contribution >= 0.6 is 0 Å². The van der Waals surface area contributed by atoms with E-state index >= 15 is 0 Å². The third-order valence-electron chi connectivity index (χ3n) is 8.63. The summed E-state index contributed by atoms with van der Waals surface area (Å²) in [6.07, 6.45) is 3.99. The van der Waals surface area contributed by atoms with Gasteiger partial charge in [0, 0.05) is 23.6 Å². The summed E-state index contributed by atoms with van der Waals surface area (Å²) in [4.78, 5) is 4.66. The van der Waals surface area contributed by atoms with Gasteiger partial charge in [0.05, 0.1) is 16.1 Å². The minimum absolute atomic E-state index is 0.848. The maximum atomic E-state index is 4.66. The van der Waals surface area contributed by atoms with Crippen LogP contribution in [0, 0.1) is 0 Å². The van der Waals surface area contributed by atoms with Crippen LogP contribution in [0.3, 0.4) is 0 Å². The van der Waals surface area contributed by atoms with E-state index in [2.05, 4.69) is 112 Å². The molecule has 3 rings (SSSR count). The lowest BCUT2D eigenvalue weighted by Gasteiger charge is -2.48. The first-order chi connectivity index (χ1) is 15.5. The van der Waals surface area contributed by atoms with Gasteiger partial charge in [0.1, 0.15) is 5.82 Å². The molecule has 1 aromatic heterocycles. The summed E-state index contributed by atoms with van der Waals surface area (Å²) in [6, 6.07) is 28.5. The second kappa shape index (κ2) is 10.8. The normalized spacial score (nSPS) is 12.5. The van der Waals surface area contributed by atoms with Gasteiger partial charge in [0.25, 0.3) is 0 Å². The molecule has 2 aromatic carbocycles. The molecule has 0 amide bonds. The van der Waals surface area contributed by atoms with Crippen molar-refractivity contribution in [2.75, 3.05) is 0 Å². The molecule has 0 spiro atoms. The lowest BCUT2D eigenvalue weighted by Crippen LogP contribution is -2.55. The summed E-state index contributed by atoms with van der Waals surface area (Å²) in [5, 5.41) is 0.848. The Morgan fingerprint density at radius 2 is 1.19 bits per heavy atom. The Bertz CT molecular complexity index is 918. The highest BCUT2D eigenvalue weighted by Gasteiger charge is 2.48. The van der Waals surface area contributed by atoms with Crippen molar-refractivity contribution in [1.29, 1.82) is 0 Å². The first-order valence-corrected chi connectivity index (χ1v) is 18.1. The predicted octanol–water partition coefficient (Wildman–Crippen LogP) is 8.72. The van der Waals surface area contributed by atoms with Crippen molar-refractivity contribution in [3.05, 3.63) is 72.6 Å². The SMILES string of the molecule is CC[Si](CC)(CC)C(c1ccc(-n2ccnc2-c2ccccc2)cc1)[Si](CC)(CC)CC. The quantitative estimate of drug-likeness (QED) is 0.260. The maximum absolute atomic E-state index is 4.66.